The van der Waals surface area contributed by atoms with Gasteiger partial charge in [0.25, 0.3) is 0 Å². The maximum Gasteiger partial charge on any atom is 0.0220 e. The van der Waals surface area contributed by atoms with Gasteiger partial charge < -0.3 is 5.32 Å². The molecule has 1 saturated heterocycles. The minimum Gasteiger partial charge on any atom is -0.315 e. The summed E-state index contributed by atoms with van der Waals surface area (Å²) in [6.07, 6.45) is 8.61. The number of hydrogen-bond donors (Lipinski definition) is 1. The third-order valence-electron chi connectivity index (χ3n) is 5.02. The van der Waals surface area contributed by atoms with Crippen molar-refractivity contribution in [2.45, 2.75) is 64.5 Å². The smallest absolute Gasteiger partial charge is 0.0220 e. The van der Waals surface area contributed by atoms with Gasteiger partial charge in [0.2, 0.25) is 0 Å². The van der Waals surface area contributed by atoms with Gasteiger partial charge in [-0.25, -0.2) is 0 Å². The third kappa shape index (κ3) is 3.45. The number of likely N-dealkylation sites (tertiary alicyclic amines) is 1. The van der Waals surface area contributed by atoms with Gasteiger partial charge in [-0.05, 0) is 51.5 Å². The summed E-state index contributed by atoms with van der Waals surface area (Å²) in [6, 6.07) is 1.52. The average Bonchev–Trinajstić information content (AvgIpc) is 2.84. The van der Waals surface area contributed by atoms with Gasteiger partial charge >= 0.3 is 0 Å². The summed E-state index contributed by atoms with van der Waals surface area (Å²) in [5.74, 6) is 1.83. The van der Waals surface area contributed by atoms with Crippen LogP contribution in [0.4, 0.5) is 0 Å². The lowest BCUT2D eigenvalue weighted by Gasteiger charge is -2.40. The van der Waals surface area contributed by atoms with Crippen LogP contribution in [0.25, 0.3) is 0 Å². The zero-order valence-corrected chi connectivity index (χ0v) is 11.9. The van der Waals surface area contributed by atoms with Crippen molar-refractivity contribution >= 4 is 0 Å². The molecule has 1 heterocycles. The normalized spacial score (nSPS) is 34.1. The molecule has 0 aromatic heterocycles. The Morgan fingerprint density at radius 3 is 2.47 bits per heavy atom. The second-order valence-corrected chi connectivity index (χ2v) is 6.43. The highest BCUT2D eigenvalue weighted by atomic mass is 15.2. The first-order chi connectivity index (χ1) is 8.20. The number of nitrogens with one attached hydrogen (secondary N) is 1. The molecule has 1 aliphatic carbocycles. The molecule has 0 radical (unpaired) electrons. The molecule has 17 heavy (non-hydrogen) atoms. The van der Waals surface area contributed by atoms with Gasteiger partial charge in [-0.2, -0.15) is 0 Å². The van der Waals surface area contributed by atoms with Crippen LogP contribution in [-0.4, -0.2) is 37.1 Å². The third-order valence-corrected chi connectivity index (χ3v) is 5.02. The van der Waals surface area contributed by atoms with E-state index < -0.39 is 0 Å². The molecule has 0 amide bonds. The molecule has 3 atom stereocenters. The molecule has 2 nitrogen and oxygen atoms in total. The molecule has 2 aliphatic rings. The van der Waals surface area contributed by atoms with Crippen LogP contribution in [-0.2, 0) is 0 Å². The fraction of sp³-hybridized carbons (Fsp3) is 1.00. The van der Waals surface area contributed by atoms with Gasteiger partial charge in [0.1, 0.15) is 0 Å². The van der Waals surface area contributed by atoms with Crippen LogP contribution >= 0.6 is 0 Å². The van der Waals surface area contributed by atoms with Crippen LogP contribution in [0.3, 0.4) is 0 Å². The molecule has 100 valence electrons. The maximum atomic E-state index is 3.59. The first kappa shape index (κ1) is 13.4. The lowest BCUT2D eigenvalue weighted by atomic mass is 9.92. The van der Waals surface area contributed by atoms with Crippen molar-refractivity contribution in [3.8, 4) is 0 Å². The number of hydrogen-bond acceptors (Lipinski definition) is 2. The Morgan fingerprint density at radius 2 is 1.82 bits per heavy atom. The zero-order valence-electron chi connectivity index (χ0n) is 11.9. The van der Waals surface area contributed by atoms with Crippen LogP contribution in [0, 0.1) is 11.8 Å². The first-order valence-electron chi connectivity index (χ1n) is 7.62. The van der Waals surface area contributed by atoms with Crippen molar-refractivity contribution in [1.29, 1.82) is 0 Å². The van der Waals surface area contributed by atoms with Crippen molar-refractivity contribution in [2.24, 2.45) is 11.8 Å². The molecular weight excluding hydrogens is 208 g/mol. The summed E-state index contributed by atoms with van der Waals surface area (Å²) in [5, 5.41) is 3.59. The highest BCUT2D eigenvalue weighted by Gasteiger charge is 2.29. The van der Waals surface area contributed by atoms with Crippen LogP contribution in [0.2, 0.25) is 0 Å². The molecule has 2 fully saturated rings. The fourth-order valence-electron chi connectivity index (χ4n) is 3.72. The van der Waals surface area contributed by atoms with Gasteiger partial charge in [-0.15, -0.1) is 0 Å². The Balaban J connectivity index is 1.87. The predicted molar refractivity (Wildman–Crippen MR) is 74.2 cm³/mol. The Labute approximate surface area is 107 Å². The summed E-state index contributed by atoms with van der Waals surface area (Å²) in [6.45, 7) is 7.40. The second-order valence-electron chi connectivity index (χ2n) is 6.43. The van der Waals surface area contributed by atoms with Crippen LogP contribution in [0.15, 0.2) is 0 Å². The average molecular weight is 238 g/mol. The monoisotopic (exact) mass is 238 g/mol. The van der Waals surface area contributed by atoms with Crippen molar-refractivity contribution in [1.82, 2.24) is 10.2 Å². The highest BCUT2D eigenvalue weighted by Crippen LogP contribution is 2.29. The van der Waals surface area contributed by atoms with Crippen LogP contribution in [0.5, 0.6) is 0 Å². The summed E-state index contributed by atoms with van der Waals surface area (Å²) in [7, 11) is 2.15. The summed E-state index contributed by atoms with van der Waals surface area (Å²) >= 11 is 0. The summed E-state index contributed by atoms with van der Waals surface area (Å²) in [5.41, 5.74) is 0. The van der Waals surface area contributed by atoms with E-state index in [0.717, 1.165) is 23.9 Å². The molecule has 2 rings (SSSR count). The molecule has 0 spiro atoms. The van der Waals surface area contributed by atoms with Gasteiger partial charge in [0.05, 0.1) is 0 Å². The van der Waals surface area contributed by atoms with E-state index in [4.69, 9.17) is 0 Å². The van der Waals surface area contributed by atoms with Gasteiger partial charge in [-0.1, -0.05) is 19.8 Å². The van der Waals surface area contributed by atoms with E-state index in [1.807, 2.05) is 0 Å². The standard InChI is InChI=1S/C15H30N2/c1-12-8-9-13(2)17(10-12)11-15(16-3)14-6-4-5-7-14/h12-16H,4-11H2,1-3H3. The second kappa shape index (κ2) is 6.19. The van der Waals surface area contributed by atoms with Crippen molar-refractivity contribution in [3.05, 3.63) is 0 Å². The first-order valence-corrected chi connectivity index (χ1v) is 7.62. The van der Waals surface area contributed by atoms with Crippen molar-refractivity contribution in [3.63, 3.8) is 0 Å². The quantitative estimate of drug-likeness (QED) is 0.810. The molecule has 1 N–H and O–H groups in total. The van der Waals surface area contributed by atoms with Crippen LogP contribution in [0.1, 0.15) is 52.4 Å². The van der Waals surface area contributed by atoms with E-state index in [-0.39, 0.29) is 0 Å². The topological polar surface area (TPSA) is 15.3 Å². The maximum absolute atomic E-state index is 3.59. The fourth-order valence-corrected chi connectivity index (χ4v) is 3.72. The molecule has 0 aromatic carbocycles. The van der Waals surface area contributed by atoms with Crippen molar-refractivity contribution < 1.29 is 0 Å². The summed E-state index contributed by atoms with van der Waals surface area (Å²) in [4.78, 5) is 2.73. The molecule has 3 unspecified atom stereocenters. The van der Waals surface area contributed by atoms with Crippen LogP contribution < -0.4 is 5.32 Å². The number of nitrogens with zero attached hydrogens (tertiary/aromatic N) is 1. The van der Waals surface area contributed by atoms with Gasteiger partial charge in [-0.3, -0.25) is 4.90 Å². The molecule has 1 saturated carbocycles. The van der Waals surface area contributed by atoms with E-state index in [1.165, 1.54) is 51.6 Å². The Morgan fingerprint density at radius 1 is 1.12 bits per heavy atom. The molecule has 0 bridgehead atoms. The Bertz CT molecular complexity index is 223. The Hall–Kier alpha value is -0.0800. The summed E-state index contributed by atoms with van der Waals surface area (Å²) < 4.78 is 0. The predicted octanol–water partition coefficient (Wildman–Crippen LogP) is 2.89. The minimum atomic E-state index is 0.727. The van der Waals surface area contributed by atoms with E-state index in [9.17, 15) is 0 Å². The lowest BCUT2D eigenvalue weighted by Crippen LogP contribution is -2.49. The molecule has 2 heteroatoms. The molecule has 1 aliphatic heterocycles. The van der Waals surface area contributed by atoms with E-state index in [0.29, 0.717) is 0 Å². The molecular formula is C15H30N2. The lowest BCUT2D eigenvalue weighted by molar-refractivity contribution is 0.102. The highest BCUT2D eigenvalue weighted by molar-refractivity contribution is 4.86. The zero-order chi connectivity index (χ0) is 12.3. The minimum absolute atomic E-state index is 0.727. The van der Waals surface area contributed by atoms with E-state index in [2.05, 4.69) is 31.1 Å². The SMILES string of the molecule is CNC(CN1CC(C)CCC1C)C1CCCC1. The largest absolute Gasteiger partial charge is 0.315 e. The van der Waals surface area contributed by atoms with E-state index >= 15 is 0 Å². The number of likely N-dealkylation sites (N-methyl/N-ethyl adjacent to an activating group) is 1. The van der Waals surface area contributed by atoms with Crippen molar-refractivity contribution in [2.75, 3.05) is 20.1 Å². The van der Waals surface area contributed by atoms with Gasteiger partial charge in [0.15, 0.2) is 0 Å². The number of rotatable bonds is 4. The number of piperidine rings is 1. The van der Waals surface area contributed by atoms with Gasteiger partial charge in [0, 0.05) is 25.2 Å². The molecule has 0 aromatic rings. The Kier molecular flexibility index (Phi) is 4.87. The van der Waals surface area contributed by atoms with E-state index in [1.54, 1.807) is 0 Å².